The number of thioether (sulfide) groups is 1. The van der Waals surface area contributed by atoms with Crippen molar-refractivity contribution < 1.29 is 13.2 Å². The minimum absolute atomic E-state index is 0.270. The summed E-state index contributed by atoms with van der Waals surface area (Å²) in [6, 6.07) is 6.70. The molecule has 1 aliphatic rings. The second-order valence-electron chi connectivity index (χ2n) is 6.72. The molecule has 1 aliphatic heterocycles. The summed E-state index contributed by atoms with van der Waals surface area (Å²) in [5.74, 6) is 0. The van der Waals surface area contributed by atoms with Crippen molar-refractivity contribution in [1.82, 2.24) is 14.9 Å². The Morgan fingerprint density at radius 3 is 2.62 bits per heavy atom. The number of halogens is 3. The van der Waals surface area contributed by atoms with Crippen LogP contribution in [0.1, 0.15) is 16.1 Å². The van der Waals surface area contributed by atoms with E-state index in [4.69, 9.17) is 11.5 Å². The Bertz CT molecular complexity index is 999. The summed E-state index contributed by atoms with van der Waals surface area (Å²) >= 11 is 3.06. The van der Waals surface area contributed by atoms with Gasteiger partial charge >= 0.3 is 6.18 Å². The van der Waals surface area contributed by atoms with Crippen molar-refractivity contribution in [1.29, 1.82) is 0 Å². The summed E-state index contributed by atoms with van der Waals surface area (Å²) in [7, 11) is 0. The summed E-state index contributed by atoms with van der Waals surface area (Å²) in [5.41, 5.74) is 13.2. The first-order valence-corrected chi connectivity index (χ1v) is 10.5. The first kappa shape index (κ1) is 20.1. The van der Waals surface area contributed by atoms with Gasteiger partial charge in [-0.1, -0.05) is 23.9 Å². The van der Waals surface area contributed by atoms with E-state index in [0.29, 0.717) is 13.0 Å². The van der Waals surface area contributed by atoms with E-state index in [1.165, 1.54) is 23.9 Å². The number of aromatic nitrogens is 2. The molecule has 0 saturated carbocycles. The van der Waals surface area contributed by atoms with Gasteiger partial charge in [-0.15, -0.1) is 11.3 Å². The molecule has 0 radical (unpaired) electrons. The number of pyridine rings is 1. The van der Waals surface area contributed by atoms with Crippen molar-refractivity contribution in [2.75, 3.05) is 6.54 Å². The van der Waals surface area contributed by atoms with Crippen molar-refractivity contribution in [3.63, 3.8) is 0 Å². The van der Waals surface area contributed by atoms with E-state index >= 15 is 0 Å². The van der Waals surface area contributed by atoms with Crippen LogP contribution < -0.4 is 11.5 Å². The molecule has 3 heterocycles. The van der Waals surface area contributed by atoms with E-state index in [0.717, 1.165) is 37.8 Å². The fraction of sp³-hybridized carbons (Fsp3) is 0.263. The van der Waals surface area contributed by atoms with Crippen molar-refractivity contribution in [2.45, 2.75) is 24.1 Å². The van der Waals surface area contributed by atoms with Crippen LogP contribution in [0.25, 0.3) is 15.1 Å². The van der Waals surface area contributed by atoms with Crippen LogP contribution in [0.3, 0.4) is 0 Å². The van der Waals surface area contributed by atoms with Gasteiger partial charge in [0.25, 0.3) is 0 Å². The van der Waals surface area contributed by atoms with Crippen LogP contribution in [0.2, 0.25) is 0 Å². The minimum atomic E-state index is -4.34. The molecule has 29 heavy (non-hydrogen) atoms. The lowest BCUT2D eigenvalue weighted by Crippen LogP contribution is -2.42. The Labute approximate surface area is 173 Å². The number of rotatable bonds is 5. The van der Waals surface area contributed by atoms with Crippen LogP contribution in [0, 0.1) is 0 Å². The lowest BCUT2D eigenvalue weighted by molar-refractivity contribution is -0.137. The third-order valence-corrected chi connectivity index (χ3v) is 6.72. The van der Waals surface area contributed by atoms with E-state index < -0.39 is 11.7 Å². The molecule has 3 aromatic rings. The van der Waals surface area contributed by atoms with Gasteiger partial charge in [0.05, 0.1) is 20.7 Å². The standard InChI is InChI=1S/C19H18F3N5S2/c20-19(21,22)12-3-1-11(2-4-12)7-13(23)9-27-10-16(29-18(27)24)17-26-14-5-6-25-8-15(14)28-17/h1-6,8,10,13,18H,7,9,23-24H2/t13-,18?/m1/s1. The maximum Gasteiger partial charge on any atom is 0.416 e. The first-order valence-electron chi connectivity index (χ1n) is 8.82. The Kier molecular flexibility index (Phi) is 5.52. The highest BCUT2D eigenvalue weighted by atomic mass is 32.2. The quantitative estimate of drug-likeness (QED) is 0.631. The topological polar surface area (TPSA) is 81.1 Å². The molecule has 152 valence electrons. The van der Waals surface area contributed by atoms with Gasteiger partial charge in [-0.25, -0.2) is 4.98 Å². The van der Waals surface area contributed by atoms with Gasteiger partial charge in [0, 0.05) is 31.2 Å². The summed E-state index contributed by atoms with van der Waals surface area (Å²) < 4.78 is 39.0. The highest BCUT2D eigenvalue weighted by Crippen LogP contribution is 2.40. The van der Waals surface area contributed by atoms with Crippen molar-refractivity contribution in [3.05, 3.63) is 65.1 Å². The Morgan fingerprint density at radius 1 is 1.17 bits per heavy atom. The third kappa shape index (κ3) is 4.55. The third-order valence-electron chi connectivity index (χ3n) is 4.48. The predicted octanol–water partition coefficient (Wildman–Crippen LogP) is 3.87. The molecule has 1 unspecified atom stereocenters. The molecule has 0 amide bonds. The number of alkyl halides is 3. The van der Waals surface area contributed by atoms with Gasteiger partial charge in [-0.05, 0) is 30.2 Å². The molecule has 0 bridgehead atoms. The monoisotopic (exact) mass is 437 g/mol. The maximum absolute atomic E-state index is 12.7. The fourth-order valence-corrected chi connectivity index (χ4v) is 5.06. The fourth-order valence-electron chi connectivity index (χ4n) is 3.07. The lowest BCUT2D eigenvalue weighted by atomic mass is 10.0. The number of nitrogens with two attached hydrogens (primary N) is 2. The number of benzene rings is 1. The van der Waals surface area contributed by atoms with Crippen LogP contribution >= 0.6 is 23.1 Å². The van der Waals surface area contributed by atoms with Crippen molar-refractivity contribution in [3.8, 4) is 0 Å². The van der Waals surface area contributed by atoms with E-state index in [1.807, 2.05) is 17.2 Å². The predicted molar refractivity (Wildman–Crippen MR) is 111 cm³/mol. The number of fused-ring (bicyclic) bond motifs is 1. The number of hydrogen-bond donors (Lipinski definition) is 2. The molecule has 4 rings (SSSR count). The highest BCUT2D eigenvalue weighted by molar-refractivity contribution is 8.09. The molecule has 0 saturated heterocycles. The normalized spacial score (nSPS) is 18.3. The van der Waals surface area contributed by atoms with E-state index in [1.54, 1.807) is 23.7 Å². The van der Waals surface area contributed by atoms with Gasteiger partial charge < -0.3 is 16.4 Å². The second-order valence-corrected chi connectivity index (χ2v) is 8.91. The van der Waals surface area contributed by atoms with E-state index in [2.05, 4.69) is 9.97 Å². The average Bonchev–Trinajstić information content (AvgIpc) is 3.25. The average molecular weight is 438 g/mol. The van der Waals surface area contributed by atoms with Gasteiger partial charge in [-0.2, -0.15) is 13.2 Å². The summed E-state index contributed by atoms with van der Waals surface area (Å²) in [4.78, 5) is 11.6. The maximum atomic E-state index is 12.7. The molecule has 0 spiro atoms. The SMILES string of the molecule is NC1SC(c2nc3ccncc3s2)=CN1C[C@H](N)Cc1ccc(C(F)(F)F)cc1. The van der Waals surface area contributed by atoms with E-state index in [-0.39, 0.29) is 11.5 Å². The summed E-state index contributed by atoms with van der Waals surface area (Å²) in [5, 5.41) is 0.882. The second kappa shape index (κ2) is 7.94. The Morgan fingerprint density at radius 2 is 1.93 bits per heavy atom. The molecule has 5 nitrogen and oxygen atoms in total. The minimum Gasteiger partial charge on any atom is -0.351 e. The zero-order valence-electron chi connectivity index (χ0n) is 15.1. The number of hydrogen-bond acceptors (Lipinski definition) is 7. The molecule has 4 N–H and O–H groups in total. The smallest absolute Gasteiger partial charge is 0.351 e. The Hall–Kier alpha value is -2.14. The van der Waals surface area contributed by atoms with Crippen molar-refractivity contribution >= 4 is 38.2 Å². The molecule has 0 fully saturated rings. The van der Waals surface area contributed by atoms with Gasteiger partial charge in [0.15, 0.2) is 0 Å². The molecule has 1 aromatic carbocycles. The molecule has 2 aromatic heterocycles. The van der Waals surface area contributed by atoms with Crippen molar-refractivity contribution in [2.24, 2.45) is 11.5 Å². The van der Waals surface area contributed by atoms with Crippen LogP contribution in [-0.2, 0) is 12.6 Å². The number of nitrogens with zero attached hydrogens (tertiary/aromatic N) is 3. The number of thiazole rings is 1. The zero-order valence-corrected chi connectivity index (χ0v) is 16.8. The molecular weight excluding hydrogens is 419 g/mol. The molecule has 0 aliphatic carbocycles. The van der Waals surface area contributed by atoms with Gasteiger partial charge in [-0.3, -0.25) is 4.98 Å². The van der Waals surface area contributed by atoms with Gasteiger partial charge in [0.2, 0.25) is 0 Å². The Balaban J connectivity index is 1.42. The largest absolute Gasteiger partial charge is 0.416 e. The zero-order chi connectivity index (χ0) is 20.6. The highest BCUT2D eigenvalue weighted by Gasteiger charge is 2.30. The lowest BCUT2D eigenvalue weighted by Gasteiger charge is -2.24. The van der Waals surface area contributed by atoms with Crippen LogP contribution in [0.5, 0.6) is 0 Å². The van der Waals surface area contributed by atoms with Crippen LogP contribution in [-0.4, -0.2) is 33.0 Å². The first-order chi connectivity index (χ1) is 13.8. The molecular formula is C19H18F3N5S2. The molecule has 2 atom stereocenters. The van der Waals surface area contributed by atoms with Crippen LogP contribution in [0.15, 0.2) is 48.9 Å². The summed E-state index contributed by atoms with van der Waals surface area (Å²) in [6.45, 7) is 0.491. The van der Waals surface area contributed by atoms with Crippen LogP contribution in [0.4, 0.5) is 13.2 Å². The summed E-state index contributed by atoms with van der Waals surface area (Å²) in [6.07, 6.45) is 1.57. The van der Waals surface area contributed by atoms with E-state index in [9.17, 15) is 13.2 Å². The van der Waals surface area contributed by atoms with Gasteiger partial charge in [0.1, 0.15) is 10.5 Å². The molecule has 10 heteroatoms.